The van der Waals surface area contributed by atoms with Gasteiger partial charge in [-0.25, -0.2) is 9.18 Å². The van der Waals surface area contributed by atoms with Crippen molar-refractivity contribution in [1.82, 2.24) is 14.8 Å². The lowest BCUT2D eigenvalue weighted by Crippen LogP contribution is -2.46. The summed E-state index contributed by atoms with van der Waals surface area (Å²) in [6.45, 7) is 8.40. The second-order valence-electron chi connectivity index (χ2n) is 9.10. The number of nitrogens with one attached hydrogen (secondary N) is 1. The van der Waals surface area contributed by atoms with Crippen molar-refractivity contribution < 1.29 is 13.9 Å². The molecule has 1 fully saturated rings. The number of carbonyl (C=O) groups is 1. The highest BCUT2D eigenvalue weighted by molar-refractivity contribution is 5.84. The van der Waals surface area contributed by atoms with Gasteiger partial charge in [0.1, 0.15) is 11.4 Å². The largest absolute Gasteiger partial charge is 0.444 e. The molecule has 156 valence electrons. The van der Waals surface area contributed by atoms with Crippen LogP contribution in [0.2, 0.25) is 0 Å². The molecular weight excluding hydrogens is 373 g/mol. The second-order valence-corrected chi connectivity index (χ2v) is 9.10. The molecule has 7 heteroatoms. The number of pyridine rings is 1. The van der Waals surface area contributed by atoms with Crippen LogP contribution in [-0.2, 0) is 11.3 Å². The maximum Gasteiger partial charge on any atom is 0.407 e. The predicted octanol–water partition coefficient (Wildman–Crippen LogP) is 3.23. The summed E-state index contributed by atoms with van der Waals surface area (Å²) in [6.07, 6.45) is 1.27. The minimum absolute atomic E-state index is 0.0378. The van der Waals surface area contributed by atoms with Crippen LogP contribution in [0.4, 0.5) is 9.18 Å². The van der Waals surface area contributed by atoms with E-state index in [1.807, 2.05) is 20.8 Å². The van der Waals surface area contributed by atoms with E-state index in [0.29, 0.717) is 18.7 Å². The van der Waals surface area contributed by atoms with E-state index in [2.05, 4.69) is 10.2 Å². The number of rotatable bonds is 3. The summed E-state index contributed by atoms with van der Waals surface area (Å²) in [4.78, 5) is 26.5. The number of nitrogens with zero attached hydrogens (tertiary/aromatic N) is 2. The maximum atomic E-state index is 14.6. The van der Waals surface area contributed by atoms with Crippen LogP contribution in [0.15, 0.2) is 29.1 Å². The van der Waals surface area contributed by atoms with Crippen molar-refractivity contribution in [3.05, 3.63) is 46.0 Å². The molecule has 1 saturated heterocycles. The van der Waals surface area contributed by atoms with Gasteiger partial charge in [0, 0.05) is 49.8 Å². The average Bonchev–Trinajstić information content (AvgIpc) is 3.01. The number of ether oxygens (including phenoxy) is 1. The van der Waals surface area contributed by atoms with Gasteiger partial charge in [0.15, 0.2) is 0 Å². The Balaban J connectivity index is 1.39. The van der Waals surface area contributed by atoms with Gasteiger partial charge in [-0.05, 0) is 57.2 Å². The Hall–Kier alpha value is -2.41. The third kappa shape index (κ3) is 4.15. The molecule has 3 heterocycles. The molecule has 4 rings (SSSR count). The van der Waals surface area contributed by atoms with E-state index in [4.69, 9.17) is 4.74 Å². The number of alkyl carbamates (subject to hydrolysis) is 1. The van der Waals surface area contributed by atoms with Gasteiger partial charge in [0.25, 0.3) is 5.56 Å². The van der Waals surface area contributed by atoms with Crippen LogP contribution in [-0.4, -0.2) is 46.8 Å². The van der Waals surface area contributed by atoms with Crippen LogP contribution in [0.3, 0.4) is 0 Å². The molecule has 1 aromatic carbocycles. The van der Waals surface area contributed by atoms with Crippen molar-refractivity contribution >= 4 is 17.0 Å². The third-order valence-electron chi connectivity index (χ3n) is 5.73. The Morgan fingerprint density at radius 1 is 1.21 bits per heavy atom. The minimum atomic E-state index is -0.508. The van der Waals surface area contributed by atoms with Crippen LogP contribution in [0.5, 0.6) is 0 Å². The van der Waals surface area contributed by atoms with Crippen LogP contribution in [0.25, 0.3) is 10.9 Å². The quantitative estimate of drug-likeness (QED) is 0.858. The van der Waals surface area contributed by atoms with Gasteiger partial charge in [0.2, 0.25) is 0 Å². The number of hydrogen-bond acceptors (Lipinski definition) is 4. The van der Waals surface area contributed by atoms with Crippen LogP contribution < -0.4 is 10.9 Å². The molecule has 2 aliphatic rings. The minimum Gasteiger partial charge on any atom is -0.444 e. The lowest BCUT2D eigenvalue weighted by Gasteiger charge is -2.34. The molecule has 0 bridgehead atoms. The van der Waals surface area contributed by atoms with Crippen molar-refractivity contribution in [2.45, 2.75) is 57.7 Å². The smallest absolute Gasteiger partial charge is 0.407 e. The van der Waals surface area contributed by atoms with Gasteiger partial charge in [-0.3, -0.25) is 4.79 Å². The fraction of sp³-hybridized carbons (Fsp3) is 0.545. The number of piperidine rings is 1. The number of hydrogen-bond donors (Lipinski definition) is 1. The van der Waals surface area contributed by atoms with Gasteiger partial charge >= 0.3 is 6.09 Å². The first-order valence-electron chi connectivity index (χ1n) is 10.2. The van der Waals surface area contributed by atoms with E-state index in [-0.39, 0.29) is 29.4 Å². The Labute approximate surface area is 169 Å². The molecule has 0 aliphatic carbocycles. The Morgan fingerprint density at radius 2 is 1.90 bits per heavy atom. The molecule has 1 aromatic heterocycles. The standard InChI is InChI=1S/C22H28FN3O3/c1-22(2,3)29-21(28)24-16-8-10-25(11-9-16)12-15-13-26-18(27)7-5-14-4-6-17(23)19(15)20(14)26/h4-7,15-16H,8-13H2,1-3H3,(H,24,28)/t15-/m1/s1. The number of likely N-dealkylation sites (tertiary alicyclic amines) is 1. The molecule has 1 amide bonds. The van der Waals surface area contributed by atoms with Crippen molar-refractivity contribution in [2.24, 2.45) is 0 Å². The first-order chi connectivity index (χ1) is 13.7. The molecule has 0 spiro atoms. The topological polar surface area (TPSA) is 63.6 Å². The van der Waals surface area contributed by atoms with Gasteiger partial charge < -0.3 is 19.5 Å². The molecule has 1 atom stereocenters. The van der Waals surface area contributed by atoms with E-state index in [0.717, 1.165) is 36.8 Å². The highest BCUT2D eigenvalue weighted by Gasteiger charge is 2.31. The van der Waals surface area contributed by atoms with Crippen molar-refractivity contribution in [1.29, 1.82) is 0 Å². The summed E-state index contributed by atoms with van der Waals surface area (Å²) < 4.78 is 21.7. The number of benzene rings is 1. The average molecular weight is 401 g/mol. The van der Waals surface area contributed by atoms with E-state index in [1.54, 1.807) is 22.8 Å². The van der Waals surface area contributed by atoms with Crippen molar-refractivity contribution in [3.8, 4) is 0 Å². The summed E-state index contributed by atoms with van der Waals surface area (Å²) in [6, 6.07) is 6.65. The summed E-state index contributed by atoms with van der Waals surface area (Å²) in [5, 5.41) is 3.85. The van der Waals surface area contributed by atoms with Crippen molar-refractivity contribution in [2.75, 3.05) is 19.6 Å². The summed E-state index contributed by atoms with van der Waals surface area (Å²) >= 11 is 0. The normalized spacial score (nSPS) is 20.2. The van der Waals surface area contributed by atoms with Crippen LogP contribution >= 0.6 is 0 Å². The van der Waals surface area contributed by atoms with Gasteiger partial charge in [0.05, 0.1) is 5.52 Å². The Kier molecular flexibility index (Phi) is 5.11. The fourth-order valence-corrected chi connectivity index (χ4v) is 4.47. The lowest BCUT2D eigenvalue weighted by atomic mass is 9.97. The second kappa shape index (κ2) is 7.44. The zero-order chi connectivity index (χ0) is 20.8. The Morgan fingerprint density at radius 3 is 2.59 bits per heavy atom. The molecular formula is C22H28FN3O3. The molecule has 0 saturated carbocycles. The van der Waals surface area contributed by atoms with E-state index >= 15 is 0 Å². The van der Waals surface area contributed by atoms with E-state index < -0.39 is 5.60 Å². The highest BCUT2D eigenvalue weighted by Crippen LogP contribution is 2.35. The van der Waals surface area contributed by atoms with Crippen LogP contribution in [0.1, 0.15) is 45.1 Å². The summed E-state index contributed by atoms with van der Waals surface area (Å²) in [5.74, 6) is -0.273. The monoisotopic (exact) mass is 401 g/mol. The summed E-state index contributed by atoms with van der Waals surface area (Å²) in [5.41, 5.74) is 0.816. The van der Waals surface area contributed by atoms with E-state index in [9.17, 15) is 14.0 Å². The van der Waals surface area contributed by atoms with E-state index in [1.165, 1.54) is 6.07 Å². The molecule has 0 unspecified atom stereocenters. The van der Waals surface area contributed by atoms with Crippen molar-refractivity contribution in [3.63, 3.8) is 0 Å². The van der Waals surface area contributed by atoms with Gasteiger partial charge in [-0.2, -0.15) is 0 Å². The highest BCUT2D eigenvalue weighted by atomic mass is 19.1. The molecule has 1 N–H and O–H groups in total. The molecule has 6 nitrogen and oxygen atoms in total. The number of carbonyl (C=O) groups excluding carboxylic acids is 1. The fourth-order valence-electron chi connectivity index (χ4n) is 4.47. The van der Waals surface area contributed by atoms with Gasteiger partial charge in [-0.1, -0.05) is 0 Å². The number of aromatic nitrogens is 1. The molecule has 2 aliphatic heterocycles. The first-order valence-corrected chi connectivity index (χ1v) is 10.2. The third-order valence-corrected chi connectivity index (χ3v) is 5.73. The SMILES string of the molecule is CC(C)(C)OC(=O)NC1CCN(C[C@@H]2Cn3c(=O)ccc4ccc(F)c2c43)CC1. The number of halogens is 1. The number of amides is 1. The zero-order valence-electron chi connectivity index (χ0n) is 17.2. The zero-order valence-corrected chi connectivity index (χ0v) is 17.2. The lowest BCUT2D eigenvalue weighted by molar-refractivity contribution is 0.0477. The maximum absolute atomic E-state index is 14.6. The summed E-state index contributed by atoms with van der Waals surface area (Å²) in [7, 11) is 0. The van der Waals surface area contributed by atoms with Crippen LogP contribution in [0, 0.1) is 5.82 Å². The van der Waals surface area contributed by atoms with Gasteiger partial charge in [-0.15, -0.1) is 0 Å². The molecule has 2 aromatic rings. The first kappa shape index (κ1) is 19.9. The molecule has 0 radical (unpaired) electrons. The molecule has 29 heavy (non-hydrogen) atoms. The predicted molar refractivity (Wildman–Crippen MR) is 110 cm³/mol. The Bertz CT molecular complexity index is 987.